The molecular formula is C35H41N5O2S. The Hall–Kier alpha value is -4.17. The molecule has 8 heteroatoms. The average Bonchev–Trinajstić information content (AvgIpc) is 2.96. The molecule has 0 aliphatic carbocycles. The summed E-state index contributed by atoms with van der Waals surface area (Å²) >= 11 is 1.29. The zero-order chi connectivity index (χ0) is 31.1. The van der Waals surface area contributed by atoms with Gasteiger partial charge in [-0.15, -0.1) is 0 Å². The van der Waals surface area contributed by atoms with Crippen LogP contribution in [0.25, 0.3) is 0 Å². The van der Waals surface area contributed by atoms with Crippen LogP contribution in [0.1, 0.15) is 59.4 Å². The van der Waals surface area contributed by atoms with E-state index in [0.29, 0.717) is 16.8 Å². The molecule has 0 spiro atoms. The van der Waals surface area contributed by atoms with Gasteiger partial charge in [-0.2, -0.15) is 0 Å². The molecule has 3 aromatic carbocycles. The molecule has 0 saturated carbocycles. The number of nitrogens with one attached hydrogen (secondary N) is 1. The van der Waals surface area contributed by atoms with Crippen LogP contribution >= 0.6 is 11.8 Å². The lowest BCUT2D eigenvalue weighted by Crippen LogP contribution is -2.41. The van der Waals surface area contributed by atoms with Crippen molar-refractivity contribution in [2.24, 2.45) is 0 Å². The lowest BCUT2D eigenvalue weighted by molar-refractivity contribution is -0.137. The molecule has 43 heavy (non-hydrogen) atoms. The lowest BCUT2D eigenvalue weighted by Gasteiger charge is -2.32. The number of aromatic nitrogens is 2. The van der Waals surface area contributed by atoms with E-state index in [1.54, 1.807) is 4.90 Å². The quantitative estimate of drug-likeness (QED) is 0.147. The Kier molecular flexibility index (Phi) is 10.6. The molecule has 224 valence electrons. The second-order valence-corrected chi connectivity index (χ2v) is 12.3. The van der Waals surface area contributed by atoms with Gasteiger partial charge >= 0.3 is 0 Å². The predicted molar refractivity (Wildman–Crippen MR) is 177 cm³/mol. The SMILES string of the molecule is Cc1ccc(CN(C(=O)CSc2nc(C)cc(C)n2)C(C(=O)Nc2ccc(N(C)C)cc2)c2ccc(C(C)C)cc2)cc1. The summed E-state index contributed by atoms with van der Waals surface area (Å²) in [6, 6.07) is 24.8. The number of rotatable bonds is 11. The number of carbonyl (C=O) groups excluding carboxylic acids is 2. The fourth-order valence-corrected chi connectivity index (χ4v) is 5.61. The monoisotopic (exact) mass is 595 g/mol. The number of thioether (sulfide) groups is 1. The molecule has 0 aliphatic rings. The molecule has 2 amide bonds. The second-order valence-electron chi connectivity index (χ2n) is 11.4. The first-order chi connectivity index (χ1) is 20.5. The summed E-state index contributed by atoms with van der Waals surface area (Å²) in [6.07, 6.45) is 0. The summed E-state index contributed by atoms with van der Waals surface area (Å²) in [5, 5.41) is 3.63. The van der Waals surface area contributed by atoms with E-state index in [9.17, 15) is 9.59 Å². The van der Waals surface area contributed by atoms with Crippen molar-refractivity contribution in [2.75, 3.05) is 30.1 Å². The van der Waals surface area contributed by atoms with E-state index >= 15 is 0 Å². The maximum Gasteiger partial charge on any atom is 0.251 e. The van der Waals surface area contributed by atoms with Crippen LogP contribution in [0.15, 0.2) is 84.0 Å². The summed E-state index contributed by atoms with van der Waals surface area (Å²) in [7, 11) is 3.94. The smallest absolute Gasteiger partial charge is 0.251 e. The third-order valence-electron chi connectivity index (χ3n) is 7.21. The highest BCUT2D eigenvalue weighted by Gasteiger charge is 2.32. The molecule has 0 aliphatic heterocycles. The Bertz CT molecular complexity index is 1510. The minimum absolute atomic E-state index is 0.0974. The van der Waals surface area contributed by atoms with Crippen molar-refractivity contribution >= 4 is 35.0 Å². The Morgan fingerprint density at radius 3 is 1.95 bits per heavy atom. The standard InChI is InChI=1S/C35H41N5O2S/c1-23(2)28-12-14-29(15-13-28)33(34(42)38-30-16-18-31(19-17-30)39(6)7)40(21-27-10-8-24(3)9-11-27)32(41)22-43-35-36-25(4)20-26(5)37-35/h8-20,23,33H,21-22H2,1-7H3,(H,38,42). The lowest BCUT2D eigenvalue weighted by atomic mass is 9.97. The topological polar surface area (TPSA) is 78.4 Å². The third-order valence-corrected chi connectivity index (χ3v) is 8.04. The second kappa shape index (κ2) is 14.3. The summed E-state index contributed by atoms with van der Waals surface area (Å²) in [4.78, 5) is 40.9. The molecule has 0 radical (unpaired) electrons. The van der Waals surface area contributed by atoms with Crippen molar-refractivity contribution < 1.29 is 9.59 Å². The molecule has 1 atom stereocenters. The number of aryl methyl sites for hydroxylation is 3. The molecular weight excluding hydrogens is 554 g/mol. The van der Waals surface area contributed by atoms with Gasteiger partial charge in [0.05, 0.1) is 5.75 Å². The van der Waals surface area contributed by atoms with Gasteiger partial charge in [0, 0.05) is 43.4 Å². The van der Waals surface area contributed by atoms with Gasteiger partial charge in [-0.3, -0.25) is 9.59 Å². The maximum absolute atomic E-state index is 14.2. The van der Waals surface area contributed by atoms with Gasteiger partial charge in [-0.25, -0.2) is 9.97 Å². The van der Waals surface area contributed by atoms with E-state index in [1.807, 2.05) is 119 Å². The fraction of sp³-hybridized carbons (Fsp3) is 0.314. The highest BCUT2D eigenvalue weighted by molar-refractivity contribution is 7.99. The average molecular weight is 596 g/mol. The highest BCUT2D eigenvalue weighted by atomic mass is 32.2. The van der Waals surface area contributed by atoms with Crippen LogP contribution in [0.2, 0.25) is 0 Å². The molecule has 1 heterocycles. The maximum atomic E-state index is 14.2. The first-order valence-corrected chi connectivity index (χ1v) is 15.5. The van der Waals surface area contributed by atoms with Crippen molar-refractivity contribution in [3.05, 3.63) is 113 Å². The van der Waals surface area contributed by atoms with Gasteiger partial charge in [-0.1, -0.05) is 79.7 Å². The zero-order valence-electron chi connectivity index (χ0n) is 26.1. The van der Waals surface area contributed by atoms with Gasteiger partial charge in [0.1, 0.15) is 6.04 Å². The molecule has 4 aromatic rings. The number of amides is 2. The van der Waals surface area contributed by atoms with Crippen LogP contribution < -0.4 is 10.2 Å². The molecule has 4 rings (SSSR count). The predicted octanol–water partition coefficient (Wildman–Crippen LogP) is 7.09. The van der Waals surface area contributed by atoms with Crippen molar-refractivity contribution in [3.63, 3.8) is 0 Å². The van der Waals surface area contributed by atoms with Crippen LogP contribution in [0.5, 0.6) is 0 Å². The number of benzene rings is 3. The minimum Gasteiger partial charge on any atom is -0.378 e. The van der Waals surface area contributed by atoms with E-state index in [0.717, 1.165) is 33.8 Å². The van der Waals surface area contributed by atoms with Gasteiger partial charge < -0.3 is 15.1 Å². The minimum atomic E-state index is -0.857. The van der Waals surface area contributed by atoms with Crippen LogP contribution in [0.4, 0.5) is 11.4 Å². The van der Waals surface area contributed by atoms with Crippen molar-refractivity contribution in [1.29, 1.82) is 0 Å². The first kappa shape index (κ1) is 31.8. The van der Waals surface area contributed by atoms with E-state index in [2.05, 4.69) is 29.1 Å². The van der Waals surface area contributed by atoms with Crippen molar-refractivity contribution in [1.82, 2.24) is 14.9 Å². The molecule has 0 saturated heterocycles. The molecule has 0 fully saturated rings. The number of carbonyl (C=O) groups is 2. The van der Waals surface area contributed by atoms with Gasteiger partial charge in [0.2, 0.25) is 5.91 Å². The highest BCUT2D eigenvalue weighted by Crippen LogP contribution is 2.29. The summed E-state index contributed by atoms with van der Waals surface area (Å²) in [5.74, 6) is -0.0106. The third kappa shape index (κ3) is 8.67. The van der Waals surface area contributed by atoms with Gasteiger partial charge in [0.15, 0.2) is 5.16 Å². The number of hydrogen-bond donors (Lipinski definition) is 1. The Morgan fingerprint density at radius 1 is 0.814 bits per heavy atom. The van der Waals surface area contributed by atoms with Crippen LogP contribution in [-0.2, 0) is 16.1 Å². The van der Waals surface area contributed by atoms with Crippen LogP contribution in [0.3, 0.4) is 0 Å². The molecule has 0 bridgehead atoms. The fourth-order valence-electron chi connectivity index (χ4n) is 4.77. The van der Waals surface area contributed by atoms with E-state index in [1.165, 1.54) is 17.3 Å². The number of anilines is 2. The number of hydrogen-bond acceptors (Lipinski definition) is 6. The molecule has 1 unspecified atom stereocenters. The Labute approximate surface area is 259 Å². The van der Waals surface area contributed by atoms with Crippen LogP contribution in [0, 0.1) is 20.8 Å². The number of nitrogens with zero attached hydrogens (tertiary/aromatic N) is 4. The van der Waals surface area contributed by atoms with Crippen molar-refractivity contribution in [2.45, 2.75) is 58.3 Å². The van der Waals surface area contributed by atoms with E-state index in [-0.39, 0.29) is 24.1 Å². The first-order valence-electron chi connectivity index (χ1n) is 14.5. The molecule has 1 N–H and O–H groups in total. The van der Waals surface area contributed by atoms with E-state index < -0.39 is 6.04 Å². The van der Waals surface area contributed by atoms with Crippen LogP contribution in [-0.4, -0.2) is 46.5 Å². The zero-order valence-corrected chi connectivity index (χ0v) is 26.9. The summed E-state index contributed by atoms with van der Waals surface area (Å²) in [6.45, 7) is 10.4. The molecule has 1 aromatic heterocycles. The largest absolute Gasteiger partial charge is 0.378 e. The summed E-state index contributed by atoms with van der Waals surface area (Å²) < 4.78 is 0. The van der Waals surface area contributed by atoms with Gasteiger partial charge in [-0.05, 0) is 73.7 Å². The van der Waals surface area contributed by atoms with Crippen molar-refractivity contribution in [3.8, 4) is 0 Å². The normalized spacial score (nSPS) is 11.7. The summed E-state index contributed by atoms with van der Waals surface area (Å²) in [5.41, 5.74) is 7.38. The Morgan fingerprint density at radius 2 is 1.40 bits per heavy atom. The van der Waals surface area contributed by atoms with E-state index in [4.69, 9.17) is 0 Å². The molecule has 7 nitrogen and oxygen atoms in total. The van der Waals surface area contributed by atoms with Gasteiger partial charge in [0.25, 0.3) is 5.91 Å². The Balaban J connectivity index is 1.71.